The van der Waals surface area contributed by atoms with Gasteiger partial charge in [-0.3, -0.25) is 9.69 Å². The molecule has 1 amide bonds. The van der Waals surface area contributed by atoms with E-state index >= 15 is 0 Å². The van der Waals surface area contributed by atoms with Crippen LogP contribution in [0.3, 0.4) is 0 Å². The molecule has 3 rings (SSSR count). The molecule has 0 radical (unpaired) electrons. The minimum atomic E-state index is -0.0471. The molecule has 2 aromatic rings. The van der Waals surface area contributed by atoms with Crippen LogP contribution in [-0.4, -0.2) is 65.0 Å². The molecule has 1 aromatic carbocycles. The van der Waals surface area contributed by atoms with Gasteiger partial charge in [-0.05, 0) is 29.1 Å². The number of rotatable bonds is 9. The molecule has 1 aromatic heterocycles. The Morgan fingerprint density at radius 3 is 2.41 bits per heavy atom. The van der Waals surface area contributed by atoms with E-state index in [4.69, 9.17) is 18.9 Å². The molecule has 1 aliphatic rings. The molecule has 0 unspecified atom stereocenters. The van der Waals surface area contributed by atoms with Crippen LogP contribution < -0.4 is 19.5 Å². The first kappa shape index (κ1) is 21.4. The number of ether oxygens (including phenoxy) is 4. The maximum absolute atomic E-state index is 12.7. The van der Waals surface area contributed by atoms with Gasteiger partial charge in [0.05, 0.1) is 47.0 Å². The normalized spacial score (nSPS) is 15.6. The van der Waals surface area contributed by atoms with Crippen LogP contribution in [0.15, 0.2) is 29.6 Å². The zero-order chi connectivity index (χ0) is 20.6. The summed E-state index contributed by atoms with van der Waals surface area (Å²) in [4.78, 5) is 16.3. The van der Waals surface area contributed by atoms with Crippen LogP contribution in [0.4, 0.5) is 0 Å². The van der Waals surface area contributed by atoms with Crippen molar-refractivity contribution in [3.05, 3.63) is 40.1 Å². The Morgan fingerprint density at radius 1 is 1.17 bits per heavy atom. The maximum Gasteiger partial charge on any atom is 0.224 e. The van der Waals surface area contributed by atoms with E-state index in [9.17, 15) is 4.79 Å². The van der Waals surface area contributed by atoms with Crippen molar-refractivity contribution in [3.8, 4) is 17.2 Å². The molecule has 0 spiro atoms. The minimum Gasteiger partial charge on any atom is -0.493 e. The van der Waals surface area contributed by atoms with E-state index in [1.807, 2.05) is 6.07 Å². The predicted molar refractivity (Wildman–Crippen MR) is 112 cm³/mol. The fourth-order valence-corrected chi connectivity index (χ4v) is 4.34. The molecule has 1 fully saturated rings. The topological polar surface area (TPSA) is 69.3 Å². The predicted octanol–water partition coefficient (Wildman–Crippen LogP) is 2.51. The first-order valence-electron chi connectivity index (χ1n) is 9.57. The third-order valence-electron chi connectivity index (χ3n) is 4.94. The van der Waals surface area contributed by atoms with Crippen molar-refractivity contribution in [2.24, 2.45) is 0 Å². The van der Waals surface area contributed by atoms with E-state index in [1.54, 1.807) is 44.8 Å². The Morgan fingerprint density at radius 2 is 1.86 bits per heavy atom. The number of hydrogen-bond donors (Lipinski definition) is 1. The summed E-state index contributed by atoms with van der Waals surface area (Å²) >= 11 is 1.71. The van der Waals surface area contributed by atoms with Crippen LogP contribution in [0, 0.1) is 0 Å². The molecule has 0 aliphatic carbocycles. The van der Waals surface area contributed by atoms with Crippen LogP contribution in [0.1, 0.15) is 16.5 Å². The van der Waals surface area contributed by atoms with Gasteiger partial charge in [0.1, 0.15) is 0 Å². The van der Waals surface area contributed by atoms with E-state index in [-0.39, 0.29) is 18.4 Å². The lowest BCUT2D eigenvalue weighted by Crippen LogP contribution is -2.43. The van der Waals surface area contributed by atoms with E-state index in [0.717, 1.165) is 31.9 Å². The largest absolute Gasteiger partial charge is 0.493 e. The second kappa shape index (κ2) is 10.5. The van der Waals surface area contributed by atoms with Crippen molar-refractivity contribution in [1.29, 1.82) is 0 Å². The molecule has 1 N–H and O–H groups in total. The van der Waals surface area contributed by atoms with Gasteiger partial charge in [-0.2, -0.15) is 0 Å². The third kappa shape index (κ3) is 5.41. The average molecular weight is 421 g/mol. The zero-order valence-corrected chi connectivity index (χ0v) is 17.9. The Labute approximate surface area is 175 Å². The number of carbonyl (C=O) groups excluding carboxylic acids is 1. The number of nitrogens with zero attached hydrogens (tertiary/aromatic N) is 1. The quantitative estimate of drug-likeness (QED) is 0.672. The van der Waals surface area contributed by atoms with Gasteiger partial charge in [0.25, 0.3) is 0 Å². The molecule has 0 bridgehead atoms. The number of benzene rings is 1. The van der Waals surface area contributed by atoms with Crippen LogP contribution in [-0.2, 0) is 16.0 Å². The first-order valence-corrected chi connectivity index (χ1v) is 10.4. The summed E-state index contributed by atoms with van der Waals surface area (Å²) in [5, 5.41) is 5.16. The second-order valence-corrected chi connectivity index (χ2v) is 7.67. The number of carbonyl (C=O) groups is 1. The fraction of sp³-hybridized carbons (Fsp3) is 0.476. The summed E-state index contributed by atoms with van der Waals surface area (Å²) < 4.78 is 21.6. The SMILES string of the molecule is COc1cc(CC(=O)NC[C@H](c2cccs2)N2CCOCC2)cc(OC)c1OC. The highest BCUT2D eigenvalue weighted by atomic mass is 32.1. The Balaban J connectivity index is 1.66. The summed E-state index contributed by atoms with van der Waals surface area (Å²) in [7, 11) is 4.69. The second-order valence-electron chi connectivity index (χ2n) is 6.69. The number of morpholine rings is 1. The summed E-state index contributed by atoms with van der Waals surface area (Å²) in [6.45, 7) is 3.74. The highest BCUT2D eigenvalue weighted by Crippen LogP contribution is 2.38. The van der Waals surface area contributed by atoms with E-state index in [2.05, 4.69) is 21.7 Å². The van der Waals surface area contributed by atoms with Crippen molar-refractivity contribution in [1.82, 2.24) is 10.2 Å². The van der Waals surface area contributed by atoms with Crippen molar-refractivity contribution >= 4 is 17.2 Å². The molecule has 7 nitrogen and oxygen atoms in total. The lowest BCUT2D eigenvalue weighted by Gasteiger charge is -2.34. The number of methoxy groups -OCH3 is 3. The summed E-state index contributed by atoms with van der Waals surface area (Å²) in [5.74, 6) is 1.55. The number of hydrogen-bond acceptors (Lipinski definition) is 7. The number of amides is 1. The third-order valence-corrected chi connectivity index (χ3v) is 5.91. The average Bonchev–Trinajstić information content (AvgIpc) is 3.28. The Kier molecular flexibility index (Phi) is 7.74. The molecule has 1 atom stereocenters. The molecule has 2 heterocycles. The van der Waals surface area contributed by atoms with Gasteiger partial charge in [-0.15, -0.1) is 11.3 Å². The van der Waals surface area contributed by atoms with Gasteiger partial charge in [0.15, 0.2) is 11.5 Å². The van der Waals surface area contributed by atoms with E-state index in [1.165, 1.54) is 4.88 Å². The molecule has 29 heavy (non-hydrogen) atoms. The van der Waals surface area contributed by atoms with Crippen LogP contribution in [0.2, 0.25) is 0 Å². The lowest BCUT2D eigenvalue weighted by molar-refractivity contribution is -0.120. The first-order chi connectivity index (χ1) is 14.2. The standard InChI is InChI=1S/C21H28N2O5S/c1-25-17-11-15(12-18(26-2)21(17)27-3)13-20(24)22-14-16(19-5-4-10-29-19)23-6-8-28-9-7-23/h4-5,10-12,16H,6-9,13-14H2,1-3H3,(H,22,24)/t16-/m1/s1. The van der Waals surface area contributed by atoms with Gasteiger partial charge < -0.3 is 24.3 Å². The molecular formula is C21H28N2O5S. The molecule has 0 saturated carbocycles. The minimum absolute atomic E-state index is 0.0471. The molecule has 158 valence electrons. The molecule has 1 aliphatic heterocycles. The van der Waals surface area contributed by atoms with Crippen molar-refractivity contribution in [3.63, 3.8) is 0 Å². The number of nitrogens with one attached hydrogen (secondary N) is 1. The Bertz CT molecular complexity index is 765. The molecule has 8 heteroatoms. The van der Waals surface area contributed by atoms with E-state index < -0.39 is 0 Å². The zero-order valence-electron chi connectivity index (χ0n) is 17.1. The van der Waals surface area contributed by atoms with Gasteiger partial charge >= 0.3 is 0 Å². The van der Waals surface area contributed by atoms with Gasteiger partial charge in [0, 0.05) is 24.5 Å². The summed E-state index contributed by atoms with van der Waals surface area (Å²) in [6.07, 6.45) is 0.233. The smallest absolute Gasteiger partial charge is 0.224 e. The fourth-order valence-electron chi connectivity index (χ4n) is 3.48. The van der Waals surface area contributed by atoms with Crippen LogP contribution in [0.5, 0.6) is 17.2 Å². The van der Waals surface area contributed by atoms with Crippen molar-refractivity contribution < 1.29 is 23.7 Å². The highest BCUT2D eigenvalue weighted by Gasteiger charge is 2.24. The lowest BCUT2D eigenvalue weighted by atomic mass is 10.1. The van der Waals surface area contributed by atoms with Gasteiger partial charge in [-0.1, -0.05) is 6.07 Å². The van der Waals surface area contributed by atoms with Crippen LogP contribution >= 0.6 is 11.3 Å². The van der Waals surface area contributed by atoms with Gasteiger partial charge in [-0.25, -0.2) is 0 Å². The monoisotopic (exact) mass is 420 g/mol. The van der Waals surface area contributed by atoms with Crippen molar-refractivity contribution in [2.75, 3.05) is 54.2 Å². The van der Waals surface area contributed by atoms with Crippen LogP contribution in [0.25, 0.3) is 0 Å². The highest BCUT2D eigenvalue weighted by molar-refractivity contribution is 7.10. The summed E-state index contributed by atoms with van der Waals surface area (Å²) in [5.41, 5.74) is 0.802. The van der Waals surface area contributed by atoms with E-state index in [0.29, 0.717) is 23.8 Å². The maximum atomic E-state index is 12.7. The number of thiophene rings is 1. The van der Waals surface area contributed by atoms with Crippen molar-refractivity contribution in [2.45, 2.75) is 12.5 Å². The molecular weight excluding hydrogens is 392 g/mol. The molecule has 1 saturated heterocycles. The summed E-state index contributed by atoms with van der Waals surface area (Å²) in [6, 6.07) is 7.93. The van der Waals surface area contributed by atoms with Gasteiger partial charge in [0.2, 0.25) is 11.7 Å². The Hall–Kier alpha value is -2.29.